The molecule has 6 nitrogen and oxygen atoms in total. The lowest BCUT2D eigenvalue weighted by Gasteiger charge is -2.29. The topological polar surface area (TPSA) is 69.7 Å². The number of anilines is 2. The van der Waals surface area contributed by atoms with Gasteiger partial charge in [-0.25, -0.2) is 8.42 Å². The summed E-state index contributed by atoms with van der Waals surface area (Å²) in [6.07, 6.45) is 1.02. The molecule has 0 aliphatic rings. The molecule has 1 N–H and O–H groups in total. The average molecular weight is 444 g/mol. The number of likely N-dealkylation sites (N-methyl/N-ethyl adjacent to an activating group) is 1. The standard InChI is InChI=1S/C19H23Cl2N3O3S/c1-14(19(25)22-11-12-23(2)16-7-5-4-6-8-16)24(28(3,26)27)18-13-15(20)9-10-17(18)21/h4-10,13-14H,11-12H2,1-3H3,(H,22,25). The summed E-state index contributed by atoms with van der Waals surface area (Å²) in [6.45, 7) is 2.43. The molecule has 0 spiro atoms. The Morgan fingerprint density at radius 3 is 2.39 bits per heavy atom. The van der Waals surface area contributed by atoms with E-state index in [0.29, 0.717) is 18.1 Å². The van der Waals surface area contributed by atoms with Crippen LogP contribution in [-0.2, 0) is 14.8 Å². The lowest BCUT2D eigenvalue weighted by molar-refractivity contribution is -0.121. The third-order valence-electron chi connectivity index (χ3n) is 4.18. The number of carbonyl (C=O) groups is 1. The second kappa shape index (κ2) is 9.49. The summed E-state index contributed by atoms with van der Waals surface area (Å²) >= 11 is 12.1. The lowest BCUT2D eigenvalue weighted by atomic mass is 10.2. The van der Waals surface area contributed by atoms with Gasteiger partial charge in [-0.05, 0) is 37.3 Å². The van der Waals surface area contributed by atoms with Crippen LogP contribution in [0.3, 0.4) is 0 Å². The van der Waals surface area contributed by atoms with E-state index >= 15 is 0 Å². The first-order valence-electron chi connectivity index (χ1n) is 8.59. The van der Waals surface area contributed by atoms with Crippen molar-refractivity contribution in [1.29, 1.82) is 0 Å². The number of nitrogens with one attached hydrogen (secondary N) is 1. The number of sulfonamides is 1. The van der Waals surface area contributed by atoms with E-state index in [2.05, 4.69) is 5.32 Å². The van der Waals surface area contributed by atoms with Crippen LogP contribution in [0.1, 0.15) is 6.92 Å². The number of amides is 1. The van der Waals surface area contributed by atoms with Gasteiger partial charge in [0.25, 0.3) is 0 Å². The fourth-order valence-electron chi connectivity index (χ4n) is 2.74. The summed E-state index contributed by atoms with van der Waals surface area (Å²) in [7, 11) is -1.85. The number of para-hydroxylation sites is 1. The monoisotopic (exact) mass is 443 g/mol. The molecule has 2 aromatic rings. The van der Waals surface area contributed by atoms with Gasteiger partial charge in [-0.3, -0.25) is 9.10 Å². The maximum absolute atomic E-state index is 12.6. The normalized spacial score (nSPS) is 12.3. The molecule has 0 bridgehead atoms. The zero-order valence-electron chi connectivity index (χ0n) is 15.9. The molecule has 0 fully saturated rings. The third-order valence-corrected chi connectivity index (χ3v) is 5.96. The van der Waals surface area contributed by atoms with Gasteiger partial charge in [0, 0.05) is 30.8 Å². The molecule has 0 radical (unpaired) electrons. The molecule has 9 heteroatoms. The number of rotatable bonds is 8. The van der Waals surface area contributed by atoms with Crippen molar-refractivity contribution in [2.45, 2.75) is 13.0 Å². The number of halogens is 2. The Labute approximate surface area is 176 Å². The zero-order valence-corrected chi connectivity index (χ0v) is 18.2. The van der Waals surface area contributed by atoms with Crippen molar-refractivity contribution in [3.8, 4) is 0 Å². The van der Waals surface area contributed by atoms with E-state index in [1.165, 1.54) is 19.1 Å². The summed E-state index contributed by atoms with van der Waals surface area (Å²) in [6, 6.07) is 13.2. The Balaban J connectivity index is 2.09. The third kappa shape index (κ3) is 5.77. The molecule has 1 atom stereocenters. The van der Waals surface area contributed by atoms with Gasteiger partial charge in [0.1, 0.15) is 6.04 Å². The molecular formula is C19H23Cl2N3O3S. The van der Waals surface area contributed by atoms with Crippen LogP contribution in [0.5, 0.6) is 0 Å². The van der Waals surface area contributed by atoms with Crippen LogP contribution in [0.15, 0.2) is 48.5 Å². The Bertz CT molecular complexity index is 923. The molecular weight excluding hydrogens is 421 g/mol. The molecule has 0 heterocycles. The van der Waals surface area contributed by atoms with Gasteiger partial charge in [-0.1, -0.05) is 41.4 Å². The fourth-order valence-corrected chi connectivity index (χ4v) is 4.35. The summed E-state index contributed by atoms with van der Waals surface area (Å²) in [5.41, 5.74) is 1.19. The highest BCUT2D eigenvalue weighted by atomic mass is 35.5. The van der Waals surface area contributed by atoms with Crippen molar-refractivity contribution in [3.05, 3.63) is 58.6 Å². The molecule has 0 saturated carbocycles. The number of nitrogens with zero attached hydrogens (tertiary/aromatic N) is 2. The Kier molecular flexibility index (Phi) is 7.57. The quantitative estimate of drug-likeness (QED) is 0.678. The van der Waals surface area contributed by atoms with E-state index in [9.17, 15) is 13.2 Å². The average Bonchev–Trinajstić information content (AvgIpc) is 2.64. The summed E-state index contributed by atoms with van der Waals surface area (Å²) in [5, 5.41) is 3.29. The molecule has 1 unspecified atom stereocenters. The summed E-state index contributed by atoms with van der Waals surface area (Å²) in [4.78, 5) is 14.6. The van der Waals surface area contributed by atoms with E-state index in [-0.39, 0.29) is 10.7 Å². The maximum Gasteiger partial charge on any atom is 0.243 e. The highest BCUT2D eigenvalue weighted by molar-refractivity contribution is 7.92. The molecule has 0 aliphatic heterocycles. The molecule has 0 saturated heterocycles. The Morgan fingerprint density at radius 2 is 1.79 bits per heavy atom. The van der Waals surface area contributed by atoms with Gasteiger partial charge in [0.05, 0.1) is 17.0 Å². The van der Waals surface area contributed by atoms with Crippen LogP contribution in [0, 0.1) is 0 Å². The Morgan fingerprint density at radius 1 is 1.14 bits per heavy atom. The summed E-state index contributed by atoms with van der Waals surface area (Å²) < 4.78 is 25.7. The van der Waals surface area contributed by atoms with Gasteiger partial charge in [0.15, 0.2) is 0 Å². The number of hydrogen-bond acceptors (Lipinski definition) is 4. The van der Waals surface area contributed by atoms with Crippen molar-refractivity contribution in [3.63, 3.8) is 0 Å². The molecule has 0 aliphatic carbocycles. The minimum atomic E-state index is -3.77. The van der Waals surface area contributed by atoms with Crippen molar-refractivity contribution in [1.82, 2.24) is 5.32 Å². The van der Waals surface area contributed by atoms with Crippen LogP contribution in [0.4, 0.5) is 11.4 Å². The maximum atomic E-state index is 12.6. The van der Waals surface area contributed by atoms with E-state index in [1.54, 1.807) is 6.07 Å². The molecule has 0 aromatic heterocycles. The van der Waals surface area contributed by atoms with Crippen molar-refractivity contribution in [2.24, 2.45) is 0 Å². The molecule has 152 valence electrons. The van der Waals surface area contributed by atoms with Crippen LogP contribution >= 0.6 is 23.2 Å². The van der Waals surface area contributed by atoms with Crippen molar-refractivity contribution in [2.75, 3.05) is 35.6 Å². The van der Waals surface area contributed by atoms with E-state index in [0.717, 1.165) is 16.2 Å². The van der Waals surface area contributed by atoms with E-state index in [1.807, 2.05) is 42.3 Å². The minimum Gasteiger partial charge on any atom is -0.373 e. The highest BCUT2D eigenvalue weighted by Gasteiger charge is 2.30. The van der Waals surface area contributed by atoms with E-state index < -0.39 is 22.0 Å². The van der Waals surface area contributed by atoms with Crippen LogP contribution < -0.4 is 14.5 Å². The second-order valence-corrected chi connectivity index (χ2v) is 9.08. The first kappa shape index (κ1) is 22.3. The number of carbonyl (C=O) groups excluding carboxylic acids is 1. The first-order chi connectivity index (χ1) is 13.1. The molecule has 2 aromatic carbocycles. The minimum absolute atomic E-state index is 0.167. The summed E-state index contributed by atoms with van der Waals surface area (Å²) in [5.74, 6) is -0.428. The van der Waals surface area contributed by atoms with E-state index in [4.69, 9.17) is 23.2 Å². The molecule has 28 heavy (non-hydrogen) atoms. The van der Waals surface area contributed by atoms with Crippen LogP contribution in [0.25, 0.3) is 0 Å². The first-order valence-corrected chi connectivity index (χ1v) is 11.2. The lowest BCUT2D eigenvalue weighted by Crippen LogP contribution is -2.49. The largest absolute Gasteiger partial charge is 0.373 e. The van der Waals surface area contributed by atoms with Crippen molar-refractivity contribution < 1.29 is 13.2 Å². The van der Waals surface area contributed by atoms with Gasteiger partial charge in [0.2, 0.25) is 15.9 Å². The predicted molar refractivity (Wildman–Crippen MR) is 116 cm³/mol. The molecule has 2 rings (SSSR count). The van der Waals surface area contributed by atoms with Gasteiger partial charge >= 0.3 is 0 Å². The smallest absolute Gasteiger partial charge is 0.243 e. The zero-order chi connectivity index (χ0) is 20.9. The number of benzene rings is 2. The van der Waals surface area contributed by atoms with Crippen LogP contribution in [0.2, 0.25) is 10.0 Å². The van der Waals surface area contributed by atoms with Gasteiger partial charge in [-0.2, -0.15) is 0 Å². The molecule has 1 amide bonds. The van der Waals surface area contributed by atoms with Gasteiger partial charge in [-0.15, -0.1) is 0 Å². The Hall–Kier alpha value is -1.96. The predicted octanol–water partition coefficient (Wildman–Crippen LogP) is 3.40. The van der Waals surface area contributed by atoms with Crippen molar-refractivity contribution >= 4 is 50.5 Å². The second-order valence-electron chi connectivity index (χ2n) is 6.38. The fraction of sp³-hybridized carbons (Fsp3) is 0.316. The highest BCUT2D eigenvalue weighted by Crippen LogP contribution is 2.32. The number of hydrogen-bond donors (Lipinski definition) is 1. The SMILES string of the molecule is CC(C(=O)NCCN(C)c1ccccc1)N(c1cc(Cl)ccc1Cl)S(C)(=O)=O. The van der Waals surface area contributed by atoms with Gasteiger partial charge < -0.3 is 10.2 Å². The van der Waals surface area contributed by atoms with Crippen LogP contribution in [-0.4, -0.2) is 46.8 Å².